The minimum absolute atomic E-state index is 0.154. The fourth-order valence-corrected chi connectivity index (χ4v) is 3.22. The second kappa shape index (κ2) is 6.14. The summed E-state index contributed by atoms with van der Waals surface area (Å²) < 4.78 is 11.2. The van der Waals surface area contributed by atoms with Gasteiger partial charge in [-0.15, -0.1) is 0 Å². The van der Waals surface area contributed by atoms with Gasteiger partial charge in [-0.1, -0.05) is 6.92 Å². The average Bonchev–Trinajstić information content (AvgIpc) is 2.65. The molecular weight excluding hydrogens is 216 g/mol. The normalized spacial score (nSPS) is 36.7. The number of morpholine rings is 1. The molecule has 17 heavy (non-hydrogen) atoms. The van der Waals surface area contributed by atoms with E-state index in [-0.39, 0.29) is 5.54 Å². The summed E-state index contributed by atoms with van der Waals surface area (Å²) in [5.74, 6) is 0. The van der Waals surface area contributed by atoms with Gasteiger partial charge >= 0.3 is 0 Å². The zero-order valence-corrected chi connectivity index (χ0v) is 11.0. The van der Waals surface area contributed by atoms with Gasteiger partial charge < -0.3 is 15.2 Å². The van der Waals surface area contributed by atoms with Crippen molar-refractivity contribution in [2.75, 3.05) is 39.5 Å². The zero-order valence-electron chi connectivity index (χ0n) is 11.0. The highest BCUT2D eigenvalue weighted by molar-refractivity contribution is 4.96. The van der Waals surface area contributed by atoms with Gasteiger partial charge in [0.05, 0.1) is 13.2 Å². The molecule has 2 rings (SSSR count). The van der Waals surface area contributed by atoms with Gasteiger partial charge in [-0.3, -0.25) is 4.90 Å². The fraction of sp³-hybridized carbons (Fsp3) is 1.00. The molecule has 2 aliphatic heterocycles. The largest absolute Gasteiger partial charge is 0.381 e. The Hall–Kier alpha value is -0.160. The Morgan fingerprint density at radius 3 is 2.88 bits per heavy atom. The third-order valence-corrected chi connectivity index (χ3v) is 4.33. The highest BCUT2D eigenvalue weighted by Crippen LogP contribution is 2.31. The predicted molar refractivity (Wildman–Crippen MR) is 68.1 cm³/mol. The van der Waals surface area contributed by atoms with Crippen LogP contribution in [0.2, 0.25) is 0 Å². The number of nitrogens with zero attached hydrogens (tertiary/aromatic N) is 1. The number of rotatable bonds is 3. The Morgan fingerprint density at radius 1 is 1.24 bits per heavy atom. The van der Waals surface area contributed by atoms with Gasteiger partial charge in [-0.2, -0.15) is 0 Å². The van der Waals surface area contributed by atoms with Crippen molar-refractivity contribution in [3.63, 3.8) is 0 Å². The lowest BCUT2D eigenvalue weighted by molar-refractivity contribution is -0.0698. The summed E-state index contributed by atoms with van der Waals surface area (Å²) in [6.45, 7) is 7.46. The maximum atomic E-state index is 6.12. The van der Waals surface area contributed by atoms with Crippen molar-refractivity contribution in [3.8, 4) is 0 Å². The van der Waals surface area contributed by atoms with Gasteiger partial charge in [-0.25, -0.2) is 0 Å². The van der Waals surface area contributed by atoms with E-state index in [0.717, 1.165) is 58.8 Å². The van der Waals surface area contributed by atoms with Crippen molar-refractivity contribution in [1.82, 2.24) is 4.90 Å². The topological polar surface area (TPSA) is 47.7 Å². The van der Waals surface area contributed by atoms with Crippen LogP contribution >= 0.6 is 0 Å². The van der Waals surface area contributed by atoms with Crippen LogP contribution in [0.1, 0.15) is 32.6 Å². The molecule has 2 atom stereocenters. The third-order valence-electron chi connectivity index (χ3n) is 4.33. The lowest BCUT2D eigenvalue weighted by Crippen LogP contribution is -2.61. The van der Waals surface area contributed by atoms with E-state index in [1.54, 1.807) is 0 Å². The van der Waals surface area contributed by atoms with Crippen LogP contribution in [0.15, 0.2) is 0 Å². The molecular formula is C13H26N2O2. The van der Waals surface area contributed by atoms with Gasteiger partial charge in [0, 0.05) is 37.9 Å². The van der Waals surface area contributed by atoms with Crippen molar-refractivity contribution in [3.05, 3.63) is 0 Å². The van der Waals surface area contributed by atoms with E-state index in [9.17, 15) is 0 Å². The lowest BCUT2D eigenvalue weighted by Gasteiger charge is -2.49. The summed E-state index contributed by atoms with van der Waals surface area (Å²) in [6, 6.07) is 0.533. The molecule has 100 valence electrons. The van der Waals surface area contributed by atoms with Gasteiger partial charge in [-0.05, 0) is 25.7 Å². The SMILES string of the molecule is CCC1COCCN1C1(CN)CCCOCC1. The first-order valence-electron chi connectivity index (χ1n) is 6.95. The van der Waals surface area contributed by atoms with Crippen molar-refractivity contribution in [1.29, 1.82) is 0 Å². The van der Waals surface area contributed by atoms with Crippen molar-refractivity contribution >= 4 is 0 Å². The zero-order chi connectivity index (χ0) is 12.1. The van der Waals surface area contributed by atoms with Crippen LogP contribution < -0.4 is 5.73 Å². The lowest BCUT2D eigenvalue weighted by atomic mass is 9.86. The van der Waals surface area contributed by atoms with Gasteiger partial charge in [0.15, 0.2) is 0 Å². The van der Waals surface area contributed by atoms with E-state index in [2.05, 4.69) is 11.8 Å². The van der Waals surface area contributed by atoms with Crippen molar-refractivity contribution in [2.24, 2.45) is 5.73 Å². The van der Waals surface area contributed by atoms with Gasteiger partial charge in [0.2, 0.25) is 0 Å². The number of ether oxygens (including phenoxy) is 2. The molecule has 0 saturated carbocycles. The Labute approximate surface area is 104 Å². The molecule has 2 fully saturated rings. The third kappa shape index (κ3) is 2.81. The minimum Gasteiger partial charge on any atom is -0.381 e. The maximum Gasteiger partial charge on any atom is 0.0622 e. The molecule has 4 nitrogen and oxygen atoms in total. The van der Waals surface area contributed by atoms with Crippen LogP contribution in [0.5, 0.6) is 0 Å². The van der Waals surface area contributed by atoms with Gasteiger partial charge in [0.25, 0.3) is 0 Å². The molecule has 2 N–H and O–H groups in total. The standard InChI is InChI=1S/C13H26N2O2/c1-2-12-10-17-9-6-15(12)13(11-14)4-3-7-16-8-5-13/h12H,2-11,14H2,1H3. The van der Waals surface area contributed by atoms with Crippen LogP contribution in [0, 0.1) is 0 Å². The second-order valence-electron chi connectivity index (χ2n) is 5.22. The maximum absolute atomic E-state index is 6.12. The summed E-state index contributed by atoms with van der Waals surface area (Å²) >= 11 is 0. The Morgan fingerprint density at radius 2 is 2.12 bits per heavy atom. The van der Waals surface area contributed by atoms with Crippen molar-refractivity contribution < 1.29 is 9.47 Å². The first-order chi connectivity index (χ1) is 8.32. The fourth-order valence-electron chi connectivity index (χ4n) is 3.22. The Balaban J connectivity index is 2.12. The highest BCUT2D eigenvalue weighted by Gasteiger charge is 2.40. The monoisotopic (exact) mass is 242 g/mol. The quantitative estimate of drug-likeness (QED) is 0.802. The number of hydrogen-bond acceptors (Lipinski definition) is 4. The molecule has 0 bridgehead atoms. The first kappa shape index (κ1) is 13.3. The summed E-state index contributed by atoms with van der Waals surface area (Å²) in [5, 5.41) is 0. The van der Waals surface area contributed by atoms with Crippen LogP contribution in [-0.2, 0) is 9.47 Å². The van der Waals surface area contributed by atoms with Crippen LogP contribution in [-0.4, -0.2) is 56.0 Å². The van der Waals surface area contributed by atoms with Crippen LogP contribution in [0.25, 0.3) is 0 Å². The number of nitrogens with two attached hydrogens (primary N) is 1. The highest BCUT2D eigenvalue weighted by atomic mass is 16.5. The van der Waals surface area contributed by atoms with Crippen LogP contribution in [0.4, 0.5) is 0 Å². The van der Waals surface area contributed by atoms with E-state index >= 15 is 0 Å². The summed E-state index contributed by atoms with van der Waals surface area (Å²) in [4.78, 5) is 2.62. The molecule has 2 heterocycles. The van der Waals surface area contributed by atoms with E-state index in [0.29, 0.717) is 6.04 Å². The summed E-state index contributed by atoms with van der Waals surface area (Å²) in [7, 11) is 0. The molecule has 0 aromatic carbocycles. The minimum atomic E-state index is 0.154. The molecule has 2 unspecified atom stereocenters. The first-order valence-corrected chi connectivity index (χ1v) is 6.95. The molecule has 0 aliphatic carbocycles. The Bertz CT molecular complexity index is 227. The van der Waals surface area contributed by atoms with Gasteiger partial charge in [0.1, 0.15) is 0 Å². The molecule has 0 spiro atoms. The Kier molecular flexibility index (Phi) is 4.79. The molecule has 2 saturated heterocycles. The van der Waals surface area contributed by atoms with Crippen molar-refractivity contribution in [2.45, 2.75) is 44.2 Å². The van der Waals surface area contributed by atoms with E-state index < -0.39 is 0 Å². The molecule has 0 amide bonds. The summed E-state index contributed by atoms with van der Waals surface area (Å²) in [5.41, 5.74) is 6.27. The van der Waals surface area contributed by atoms with E-state index in [1.807, 2.05) is 0 Å². The number of hydrogen-bond donors (Lipinski definition) is 1. The molecule has 2 aliphatic rings. The molecule has 0 radical (unpaired) electrons. The second-order valence-corrected chi connectivity index (χ2v) is 5.22. The average molecular weight is 242 g/mol. The molecule has 0 aromatic heterocycles. The summed E-state index contributed by atoms with van der Waals surface area (Å²) in [6.07, 6.45) is 4.51. The molecule has 0 aromatic rings. The smallest absolute Gasteiger partial charge is 0.0622 e. The van der Waals surface area contributed by atoms with E-state index in [1.165, 1.54) is 6.42 Å². The molecule has 4 heteroatoms. The predicted octanol–water partition coefficient (Wildman–Crippen LogP) is 0.995. The van der Waals surface area contributed by atoms with E-state index in [4.69, 9.17) is 15.2 Å². The van der Waals surface area contributed by atoms with Crippen LogP contribution in [0.3, 0.4) is 0 Å².